The molecule has 4 atom stereocenters. The van der Waals surface area contributed by atoms with Gasteiger partial charge in [-0.2, -0.15) is 0 Å². The first-order chi connectivity index (χ1) is 32.6. The third-order valence-electron chi connectivity index (χ3n) is 14.2. The summed E-state index contributed by atoms with van der Waals surface area (Å²) in [5.74, 6) is 0.919. The number of hydrogen-bond acceptors (Lipinski definition) is 8. The van der Waals surface area contributed by atoms with E-state index in [0.717, 1.165) is 106 Å². The lowest BCUT2D eigenvalue weighted by Gasteiger charge is -2.30. The number of hydrogen-bond donors (Lipinski definition) is 4. The van der Waals surface area contributed by atoms with Crippen LogP contribution in [0.1, 0.15) is 99.0 Å². The minimum Gasteiger partial charge on any atom is -0.453 e. The Bertz CT molecular complexity index is 2810. The molecule has 1 aliphatic carbocycles. The fourth-order valence-electron chi connectivity index (χ4n) is 10.5. The number of carbonyl (C=O) groups excluding carboxylic acids is 4. The van der Waals surface area contributed by atoms with Crippen LogP contribution in [-0.2, 0) is 36.7 Å². The average molecular weight is 903 g/mol. The zero-order valence-corrected chi connectivity index (χ0v) is 38.3. The molecule has 2 aromatic heterocycles. The maximum absolute atomic E-state index is 14.4. The summed E-state index contributed by atoms with van der Waals surface area (Å²) in [6.45, 7) is 6.14. The van der Waals surface area contributed by atoms with Crippen molar-refractivity contribution in [2.45, 2.75) is 89.4 Å². The first kappa shape index (κ1) is 44.1. The van der Waals surface area contributed by atoms with Gasteiger partial charge in [-0.15, -0.1) is 0 Å². The van der Waals surface area contributed by atoms with Crippen LogP contribution in [0.4, 0.5) is 4.79 Å². The van der Waals surface area contributed by atoms with Gasteiger partial charge in [0.25, 0.3) is 0 Å². The lowest BCUT2D eigenvalue weighted by atomic mass is 9.89. The summed E-state index contributed by atoms with van der Waals surface area (Å²) >= 11 is 0. The van der Waals surface area contributed by atoms with Crippen LogP contribution >= 0.6 is 0 Å². The van der Waals surface area contributed by atoms with Gasteiger partial charge in [-0.1, -0.05) is 86.6 Å². The van der Waals surface area contributed by atoms with E-state index in [1.165, 1.54) is 12.7 Å². The van der Waals surface area contributed by atoms with Crippen molar-refractivity contribution in [1.29, 1.82) is 0 Å². The van der Waals surface area contributed by atoms with E-state index in [1.807, 2.05) is 60.2 Å². The number of amides is 4. The molecule has 4 aliphatic rings. The van der Waals surface area contributed by atoms with Crippen LogP contribution in [0.15, 0.2) is 91.1 Å². The van der Waals surface area contributed by atoms with Crippen LogP contribution in [0.3, 0.4) is 0 Å². The third-order valence-corrected chi connectivity index (χ3v) is 14.2. The van der Waals surface area contributed by atoms with Crippen molar-refractivity contribution in [2.24, 2.45) is 11.8 Å². The maximum atomic E-state index is 14.4. The molecule has 0 bridgehead atoms. The first-order valence-electron chi connectivity index (χ1n) is 23.8. The van der Waals surface area contributed by atoms with Gasteiger partial charge in [0.05, 0.1) is 36.8 Å². The molecule has 67 heavy (non-hydrogen) atoms. The highest BCUT2D eigenvalue weighted by Gasteiger charge is 2.40. The minimum absolute atomic E-state index is 0.102. The molecule has 10 rings (SSSR count). The second-order valence-electron chi connectivity index (χ2n) is 18.8. The van der Waals surface area contributed by atoms with Crippen molar-refractivity contribution in [2.75, 3.05) is 33.4 Å². The van der Waals surface area contributed by atoms with Crippen LogP contribution in [0, 0.1) is 11.8 Å². The van der Waals surface area contributed by atoms with Crippen molar-refractivity contribution in [3.63, 3.8) is 0 Å². The zero-order valence-electron chi connectivity index (χ0n) is 38.3. The molecule has 4 N–H and O–H groups in total. The van der Waals surface area contributed by atoms with Crippen LogP contribution in [-0.4, -0.2) is 93.0 Å². The highest BCUT2D eigenvalue weighted by Crippen LogP contribution is 2.40. The molecule has 3 saturated heterocycles. The normalized spacial score (nSPS) is 19.2. The molecular formula is C53H58N8O6. The van der Waals surface area contributed by atoms with Gasteiger partial charge >= 0.3 is 6.09 Å². The molecule has 3 fully saturated rings. The van der Waals surface area contributed by atoms with Gasteiger partial charge in [0.2, 0.25) is 17.7 Å². The van der Waals surface area contributed by atoms with E-state index >= 15 is 0 Å². The topological polar surface area (TPSA) is 175 Å². The van der Waals surface area contributed by atoms with Crippen LogP contribution in [0.2, 0.25) is 0 Å². The molecule has 14 nitrogen and oxygen atoms in total. The molecule has 4 amide bonds. The van der Waals surface area contributed by atoms with Crippen LogP contribution < -0.4 is 10.6 Å². The van der Waals surface area contributed by atoms with Gasteiger partial charge in [-0.3, -0.25) is 14.4 Å². The molecule has 4 aromatic carbocycles. The van der Waals surface area contributed by atoms with Crippen LogP contribution in [0.25, 0.3) is 44.4 Å². The number of fused-ring (bicyclic) bond motifs is 4. The van der Waals surface area contributed by atoms with E-state index in [4.69, 9.17) is 19.4 Å². The van der Waals surface area contributed by atoms with Crippen molar-refractivity contribution in [1.82, 2.24) is 40.4 Å². The Morgan fingerprint density at radius 3 is 2.15 bits per heavy atom. The molecule has 0 radical (unpaired) electrons. The summed E-state index contributed by atoms with van der Waals surface area (Å²) in [7, 11) is 1.31. The molecule has 14 heteroatoms. The van der Waals surface area contributed by atoms with Crippen molar-refractivity contribution in [3.8, 4) is 33.6 Å². The van der Waals surface area contributed by atoms with Gasteiger partial charge in [0, 0.05) is 49.0 Å². The Morgan fingerprint density at radius 1 is 0.746 bits per heavy atom. The number of H-pyrrole nitrogens is 2. The standard InChI is InChI=1S/C53H58N8O6/c1-31(2)45(59-53(65)66-3)51(63)61-24-8-12-44(61)49-55-41-20-18-38-28-37(17-19-40(38)47(41)57-49)34-13-14-36-29-39(16-15-35(36)27-34)42-30-54-48(56-42)43-11-7-23-60(43)52(64)46(32-9-5-4-6-10-32)58-50(62)33-21-25-67-26-22-33/h4-6,9-10,13-17,19,27-31,33,43-46H,7-8,11-12,18,20-26H2,1-3H3,(H,54,56)(H,55,57)(H,58,62)(H,59,65). The van der Waals surface area contributed by atoms with Crippen molar-refractivity contribution >= 4 is 34.6 Å². The molecule has 4 unspecified atom stereocenters. The number of methoxy groups -OCH3 is 1. The summed E-state index contributed by atoms with van der Waals surface area (Å²) < 4.78 is 10.3. The van der Waals surface area contributed by atoms with E-state index in [0.29, 0.717) is 39.1 Å². The molecule has 0 spiro atoms. The predicted octanol–water partition coefficient (Wildman–Crippen LogP) is 8.38. The Balaban J connectivity index is 0.836. The van der Waals surface area contributed by atoms with Gasteiger partial charge < -0.3 is 39.9 Å². The number of ether oxygens (including phenoxy) is 2. The lowest BCUT2D eigenvalue weighted by molar-refractivity contribution is -0.139. The average Bonchev–Trinajstić information content (AvgIpc) is 4.21. The summed E-state index contributed by atoms with van der Waals surface area (Å²) in [5.41, 5.74) is 9.31. The lowest BCUT2D eigenvalue weighted by Crippen LogP contribution is -2.51. The second kappa shape index (κ2) is 18.8. The van der Waals surface area contributed by atoms with Gasteiger partial charge in [0.15, 0.2) is 0 Å². The van der Waals surface area contributed by atoms with Crippen molar-refractivity contribution < 1.29 is 28.7 Å². The summed E-state index contributed by atoms with van der Waals surface area (Å²) in [6, 6.07) is 27.3. The summed E-state index contributed by atoms with van der Waals surface area (Å²) in [6.07, 6.45) is 7.53. The summed E-state index contributed by atoms with van der Waals surface area (Å²) in [5, 5.41) is 8.08. The number of aromatic amines is 2. The highest BCUT2D eigenvalue weighted by atomic mass is 16.5. The zero-order chi connectivity index (χ0) is 46.2. The first-order valence-corrected chi connectivity index (χ1v) is 23.8. The van der Waals surface area contributed by atoms with Gasteiger partial charge in [-0.05, 0) is 102 Å². The quantitative estimate of drug-likeness (QED) is 0.100. The fourth-order valence-corrected chi connectivity index (χ4v) is 10.5. The SMILES string of the molecule is COC(=O)NC(C(=O)N1CCCC1c1nc2c([nH]1)CCc1cc(-c3ccc4cc(-c5cnc(C6CCCN6C(=O)C(NC(=O)C6CCOCC6)c6ccccc6)[nH]5)ccc4c3)ccc1-2)C(C)C. The van der Waals surface area contributed by atoms with E-state index in [-0.39, 0.29) is 41.6 Å². The smallest absolute Gasteiger partial charge is 0.407 e. The molecule has 346 valence electrons. The van der Waals surface area contributed by atoms with E-state index in [2.05, 4.69) is 75.2 Å². The number of nitrogens with zero attached hydrogens (tertiary/aromatic N) is 4. The van der Waals surface area contributed by atoms with Crippen LogP contribution in [0.5, 0.6) is 0 Å². The molecular weight excluding hydrogens is 845 g/mol. The van der Waals surface area contributed by atoms with Gasteiger partial charge in [0.1, 0.15) is 23.7 Å². The second-order valence-corrected chi connectivity index (χ2v) is 18.8. The Labute approximate surface area is 390 Å². The molecule has 0 saturated carbocycles. The number of nitrogens with one attached hydrogen (secondary N) is 4. The number of imidazole rings is 2. The van der Waals surface area contributed by atoms with E-state index in [1.54, 1.807) is 0 Å². The number of likely N-dealkylation sites (tertiary alicyclic amines) is 2. The third kappa shape index (κ3) is 8.82. The fraction of sp³-hybridized carbons (Fsp3) is 0.396. The number of benzene rings is 4. The Morgan fingerprint density at radius 2 is 1.42 bits per heavy atom. The van der Waals surface area contributed by atoms with Crippen molar-refractivity contribution in [3.05, 3.63) is 120 Å². The minimum atomic E-state index is -0.785. The Kier molecular flexibility index (Phi) is 12.4. The van der Waals surface area contributed by atoms with E-state index < -0.39 is 18.2 Å². The monoisotopic (exact) mass is 902 g/mol. The van der Waals surface area contributed by atoms with E-state index in [9.17, 15) is 19.2 Å². The highest BCUT2D eigenvalue weighted by molar-refractivity contribution is 5.92. The number of alkyl carbamates (subject to hydrolysis) is 1. The van der Waals surface area contributed by atoms with Gasteiger partial charge in [-0.25, -0.2) is 14.8 Å². The maximum Gasteiger partial charge on any atom is 0.407 e. The number of rotatable bonds is 11. The molecule has 6 aromatic rings. The predicted molar refractivity (Wildman–Crippen MR) is 254 cm³/mol. The molecule has 5 heterocycles. The Hall–Kier alpha value is -6.80. The number of aryl methyl sites for hydroxylation is 2. The number of carbonyl (C=O) groups is 4. The number of aromatic nitrogens is 4. The molecule has 3 aliphatic heterocycles. The summed E-state index contributed by atoms with van der Waals surface area (Å²) in [4.78, 5) is 74.5. The largest absolute Gasteiger partial charge is 0.453 e.